The largest absolute Gasteiger partial charge is 0.494 e. The van der Waals surface area contributed by atoms with Crippen molar-refractivity contribution in [2.24, 2.45) is 33.5 Å². The maximum absolute atomic E-state index is 11.2. The van der Waals surface area contributed by atoms with E-state index in [-0.39, 0.29) is 16.7 Å². The van der Waals surface area contributed by atoms with E-state index < -0.39 is 11.9 Å². The Kier molecular flexibility index (Phi) is 29.0. The monoisotopic (exact) mass is 790 g/mol. The highest BCUT2D eigenvalue weighted by Crippen LogP contribution is 2.38. The molecule has 2 aliphatic heterocycles. The molecule has 2 unspecified atom stereocenters. The van der Waals surface area contributed by atoms with Crippen LogP contribution in [-0.2, 0) is 9.63 Å². The second kappa shape index (κ2) is 30.9. The number of rotatable bonds is 13. The van der Waals surface area contributed by atoms with E-state index in [1.165, 1.54) is 44.9 Å². The Labute approximate surface area is 339 Å². The van der Waals surface area contributed by atoms with Crippen molar-refractivity contribution in [1.82, 2.24) is 5.32 Å². The molecular weight excluding hydrogens is 714 g/mol. The van der Waals surface area contributed by atoms with Crippen molar-refractivity contribution in [2.75, 3.05) is 26.3 Å². The van der Waals surface area contributed by atoms with Gasteiger partial charge in [0.25, 0.3) is 0 Å². The van der Waals surface area contributed by atoms with Gasteiger partial charge in [-0.2, -0.15) is 0 Å². The van der Waals surface area contributed by atoms with Crippen LogP contribution >= 0.6 is 11.6 Å². The first-order chi connectivity index (χ1) is 26.7. The maximum atomic E-state index is 11.2. The minimum absolute atomic E-state index is 0.0914. The molecule has 1 aliphatic carbocycles. The molecule has 10 heteroatoms. The Hall–Kier alpha value is -3.30. The quantitative estimate of drug-likeness (QED) is 0.105. The van der Waals surface area contributed by atoms with Crippen molar-refractivity contribution in [3.05, 3.63) is 59.7 Å². The van der Waals surface area contributed by atoms with Gasteiger partial charge in [-0.05, 0) is 99.1 Å². The SMILES string of the molecule is CC.CC.CC.CC.CC(CC1ON=C(c2ccc(OCCC3CCNCC3)cc2)C1(C)C)C(=O)O.O/N=C(/Cl)c1ccc(OCCC2CCCCC2)cc1. The highest BCUT2D eigenvalue weighted by Gasteiger charge is 2.43. The zero-order valence-electron chi connectivity index (χ0n) is 36.1. The fraction of sp³-hybridized carbons (Fsp3) is 0.667. The molecule has 3 aliphatic rings. The number of oxime groups is 2. The van der Waals surface area contributed by atoms with Crippen LogP contribution in [0.4, 0.5) is 0 Å². The standard InChI is InChI=1S/C22H32N2O4.C15H20ClNO2.4C2H6/c1-15(21(25)26)14-19-22(2,3)20(24-28-19)17-4-6-18(7-5-17)27-13-10-16-8-11-23-12-9-16;16-15(17-18)13-6-8-14(9-7-13)19-11-10-12-4-2-1-3-5-12;4*1-2/h4-7,15-16,19,23H,8-14H2,1-3H3,(H,25,26);6-9,12,18H,1-5,10-11H2;4*1-2H3/b;17-15+;;;;. The number of nitrogens with one attached hydrogen (secondary N) is 1. The van der Waals surface area contributed by atoms with Gasteiger partial charge in [0.1, 0.15) is 17.6 Å². The summed E-state index contributed by atoms with van der Waals surface area (Å²) in [4.78, 5) is 16.8. The van der Waals surface area contributed by atoms with Gasteiger partial charge >= 0.3 is 5.97 Å². The summed E-state index contributed by atoms with van der Waals surface area (Å²) in [5, 5.41) is 28.5. The summed E-state index contributed by atoms with van der Waals surface area (Å²) >= 11 is 5.71. The van der Waals surface area contributed by atoms with E-state index in [9.17, 15) is 9.90 Å². The van der Waals surface area contributed by atoms with E-state index in [0.29, 0.717) is 12.0 Å². The Morgan fingerprint density at radius 3 is 1.78 bits per heavy atom. The van der Waals surface area contributed by atoms with Gasteiger partial charge in [-0.15, -0.1) is 0 Å². The first kappa shape index (κ1) is 51.7. The van der Waals surface area contributed by atoms with Crippen molar-refractivity contribution in [1.29, 1.82) is 0 Å². The number of carbonyl (C=O) groups is 1. The molecule has 314 valence electrons. The van der Waals surface area contributed by atoms with E-state index in [1.807, 2.05) is 91.8 Å². The van der Waals surface area contributed by atoms with E-state index >= 15 is 0 Å². The molecule has 3 N–H and O–H groups in total. The van der Waals surface area contributed by atoms with Crippen LogP contribution in [0, 0.1) is 23.2 Å². The fourth-order valence-electron chi connectivity index (χ4n) is 6.49. The molecular formula is C45H76ClN3O6. The maximum Gasteiger partial charge on any atom is 0.306 e. The van der Waals surface area contributed by atoms with Crippen molar-refractivity contribution < 1.29 is 29.4 Å². The molecule has 55 heavy (non-hydrogen) atoms. The lowest BCUT2D eigenvalue weighted by Crippen LogP contribution is -2.35. The molecule has 2 atom stereocenters. The number of hydrogen-bond donors (Lipinski definition) is 3. The lowest BCUT2D eigenvalue weighted by molar-refractivity contribution is -0.142. The number of piperidine rings is 1. The number of carboxylic acid groups (broad SMARTS) is 1. The van der Waals surface area contributed by atoms with Crippen molar-refractivity contribution in [3.8, 4) is 11.5 Å². The van der Waals surface area contributed by atoms with E-state index in [0.717, 1.165) is 73.8 Å². The number of aliphatic carboxylic acids is 1. The third-order valence-corrected chi connectivity index (χ3v) is 10.1. The van der Waals surface area contributed by atoms with Gasteiger partial charge in [0.2, 0.25) is 0 Å². The number of nitrogens with zero attached hydrogens (tertiary/aromatic N) is 2. The number of ether oxygens (including phenoxy) is 2. The van der Waals surface area contributed by atoms with E-state index in [4.69, 9.17) is 31.1 Å². The molecule has 5 rings (SSSR count). The van der Waals surface area contributed by atoms with Crippen molar-refractivity contribution in [3.63, 3.8) is 0 Å². The minimum Gasteiger partial charge on any atom is -0.494 e. The van der Waals surface area contributed by atoms with Gasteiger partial charge in [0.15, 0.2) is 5.17 Å². The van der Waals surface area contributed by atoms with Crippen LogP contribution in [0.25, 0.3) is 0 Å². The molecule has 1 saturated carbocycles. The van der Waals surface area contributed by atoms with Gasteiger partial charge < -0.3 is 29.9 Å². The topological polar surface area (TPSA) is 122 Å². The van der Waals surface area contributed by atoms with Crippen LogP contribution in [0.15, 0.2) is 58.8 Å². The molecule has 9 nitrogen and oxygen atoms in total. The van der Waals surface area contributed by atoms with Gasteiger partial charge in [-0.25, -0.2) is 0 Å². The summed E-state index contributed by atoms with van der Waals surface area (Å²) in [6, 6.07) is 15.2. The van der Waals surface area contributed by atoms with Crippen molar-refractivity contribution in [2.45, 2.75) is 146 Å². The number of halogens is 1. The molecule has 0 aromatic heterocycles. The summed E-state index contributed by atoms with van der Waals surface area (Å²) in [6.45, 7) is 25.6. The Bertz CT molecular complexity index is 1300. The zero-order valence-corrected chi connectivity index (χ0v) is 36.9. The fourth-order valence-corrected chi connectivity index (χ4v) is 6.62. The van der Waals surface area contributed by atoms with Crippen LogP contribution in [0.5, 0.6) is 11.5 Å². The lowest BCUT2D eigenvalue weighted by atomic mass is 9.76. The molecule has 0 radical (unpaired) electrons. The van der Waals surface area contributed by atoms with Gasteiger partial charge in [-0.3, -0.25) is 4.79 Å². The molecule has 2 aromatic carbocycles. The lowest BCUT2D eigenvalue weighted by Gasteiger charge is -2.27. The summed E-state index contributed by atoms with van der Waals surface area (Å²) in [6.07, 6.45) is 11.7. The normalized spacial score (nSPS) is 18.1. The summed E-state index contributed by atoms with van der Waals surface area (Å²) in [5.41, 5.74) is 2.18. The average molecular weight is 791 g/mol. The van der Waals surface area contributed by atoms with Gasteiger partial charge in [-0.1, -0.05) is 130 Å². The zero-order chi connectivity index (χ0) is 41.6. The van der Waals surface area contributed by atoms with Gasteiger partial charge in [0, 0.05) is 17.5 Å². The molecule has 2 heterocycles. The molecule has 0 amide bonds. The van der Waals surface area contributed by atoms with Crippen LogP contribution in [0.3, 0.4) is 0 Å². The van der Waals surface area contributed by atoms with Crippen LogP contribution in [-0.4, -0.2) is 59.6 Å². The molecule has 0 spiro atoms. The number of hydrogen-bond acceptors (Lipinski definition) is 8. The number of benzene rings is 2. The van der Waals surface area contributed by atoms with E-state index in [2.05, 4.69) is 29.5 Å². The minimum atomic E-state index is -0.807. The first-order valence-electron chi connectivity index (χ1n) is 21.2. The Morgan fingerprint density at radius 2 is 1.31 bits per heavy atom. The summed E-state index contributed by atoms with van der Waals surface area (Å²) in [7, 11) is 0. The Morgan fingerprint density at radius 1 is 0.836 bits per heavy atom. The highest BCUT2D eigenvalue weighted by atomic mass is 35.5. The number of carboxylic acids is 1. The van der Waals surface area contributed by atoms with Crippen LogP contribution < -0.4 is 14.8 Å². The molecule has 1 saturated heterocycles. The predicted molar refractivity (Wildman–Crippen MR) is 231 cm³/mol. The highest BCUT2D eigenvalue weighted by molar-refractivity contribution is 6.69. The first-order valence-corrected chi connectivity index (χ1v) is 21.6. The average Bonchev–Trinajstić information content (AvgIpc) is 3.54. The van der Waals surface area contributed by atoms with E-state index in [1.54, 1.807) is 19.1 Å². The third-order valence-electron chi connectivity index (χ3n) is 9.76. The summed E-state index contributed by atoms with van der Waals surface area (Å²) < 4.78 is 11.7. The predicted octanol–water partition coefficient (Wildman–Crippen LogP) is 12.2. The van der Waals surface area contributed by atoms with Crippen molar-refractivity contribution >= 4 is 28.5 Å². The smallest absolute Gasteiger partial charge is 0.306 e. The second-order valence-corrected chi connectivity index (χ2v) is 14.0. The summed E-state index contributed by atoms with van der Waals surface area (Å²) in [5.74, 6) is 2.03. The molecule has 2 aromatic rings. The van der Waals surface area contributed by atoms with Gasteiger partial charge in [0.05, 0.1) is 30.3 Å². The Balaban J connectivity index is 0.000000941. The van der Waals surface area contributed by atoms with Crippen LogP contribution in [0.1, 0.15) is 151 Å². The molecule has 2 fully saturated rings. The third kappa shape index (κ3) is 18.9. The molecule has 0 bridgehead atoms. The second-order valence-electron chi connectivity index (χ2n) is 13.6. The van der Waals surface area contributed by atoms with Crippen LogP contribution in [0.2, 0.25) is 0 Å².